The highest BCUT2D eigenvalue weighted by molar-refractivity contribution is 5.95. The molecule has 1 atom stereocenters. The number of hydrogen-bond donors (Lipinski definition) is 1. The van der Waals surface area contributed by atoms with Gasteiger partial charge in [0.05, 0.1) is 43.0 Å². The van der Waals surface area contributed by atoms with Gasteiger partial charge < -0.3 is 19.5 Å². The summed E-state index contributed by atoms with van der Waals surface area (Å²) in [5.41, 5.74) is 2.68. The molecule has 9 nitrogen and oxygen atoms in total. The number of carbonyl (C=O) groups is 1. The molecule has 1 aliphatic heterocycles. The zero-order chi connectivity index (χ0) is 24.6. The van der Waals surface area contributed by atoms with Crippen molar-refractivity contribution in [2.45, 2.75) is 57.1 Å². The Morgan fingerprint density at radius 2 is 2.00 bits per heavy atom. The molecule has 3 heterocycles. The maximum Gasteiger partial charge on any atom is 0.255 e. The van der Waals surface area contributed by atoms with Gasteiger partial charge in [-0.25, -0.2) is 14.6 Å². The zero-order valence-corrected chi connectivity index (χ0v) is 20.6. The summed E-state index contributed by atoms with van der Waals surface area (Å²) in [4.78, 5) is 22.5. The fourth-order valence-corrected chi connectivity index (χ4v) is 4.67. The van der Waals surface area contributed by atoms with Crippen LogP contribution in [0.3, 0.4) is 0 Å². The molecule has 5 rings (SSSR count). The SMILES string of the molecule is COc1ccc(OC)c(-c2ccnc(-n3ncc(C(=O)NC4CCOC(C)(C)C4)c3C3CC3)n2)c1. The molecule has 1 amide bonds. The number of ether oxygens (including phenoxy) is 3. The van der Waals surface area contributed by atoms with E-state index in [1.807, 2.05) is 24.3 Å². The highest BCUT2D eigenvalue weighted by Gasteiger charge is 2.35. The molecule has 1 N–H and O–H groups in total. The highest BCUT2D eigenvalue weighted by atomic mass is 16.5. The largest absolute Gasteiger partial charge is 0.497 e. The van der Waals surface area contributed by atoms with Crippen LogP contribution in [0.1, 0.15) is 61.5 Å². The van der Waals surface area contributed by atoms with Gasteiger partial charge in [-0.3, -0.25) is 4.79 Å². The number of benzene rings is 1. The summed E-state index contributed by atoms with van der Waals surface area (Å²) in [5.74, 6) is 1.96. The minimum atomic E-state index is -0.241. The quantitative estimate of drug-likeness (QED) is 0.551. The maximum absolute atomic E-state index is 13.3. The normalized spacial score (nSPS) is 19.3. The van der Waals surface area contributed by atoms with E-state index >= 15 is 0 Å². The molecular weight excluding hydrogens is 446 g/mol. The number of aromatic nitrogens is 4. The van der Waals surface area contributed by atoms with E-state index in [1.165, 1.54) is 0 Å². The molecule has 1 unspecified atom stereocenters. The Hall–Kier alpha value is -3.46. The van der Waals surface area contributed by atoms with Crippen LogP contribution < -0.4 is 14.8 Å². The van der Waals surface area contributed by atoms with Crippen molar-refractivity contribution in [1.82, 2.24) is 25.1 Å². The van der Waals surface area contributed by atoms with E-state index in [0.29, 0.717) is 35.3 Å². The van der Waals surface area contributed by atoms with Gasteiger partial charge in [-0.05, 0) is 63.8 Å². The van der Waals surface area contributed by atoms with Gasteiger partial charge in [-0.2, -0.15) is 5.10 Å². The first-order chi connectivity index (χ1) is 16.9. The summed E-state index contributed by atoms with van der Waals surface area (Å²) in [6.45, 7) is 4.75. The van der Waals surface area contributed by atoms with Crippen LogP contribution in [-0.2, 0) is 4.74 Å². The van der Waals surface area contributed by atoms with E-state index in [4.69, 9.17) is 19.2 Å². The molecule has 1 aromatic carbocycles. The summed E-state index contributed by atoms with van der Waals surface area (Å²) < 4.78 is 18.4. The molecule has 1 aliphatic carbocycles. The lowest BCUT2D eigenvalue weighted by molar-refractivity contribution is -0.0615. The highest BCUT2D eigenvalue weighted by Crippen LogP contribution is 2.42. The van der Waals surface area contributed by atoms with Crippen LogP contribution in [0.5, 0.6) is 11.5 Å². The number of rotatable bonds is 7. The first-order valence-corrected chi connectivity index (χ1v) is 12.0. The van der Waals surface area contributed by atoms with Crippen LogP contribution in [0.15, 0.2) is 36.7 Å². The molecule has 2 aromatic heterocycles. The topological polar surface area (TPSA) is 100 Å². The van der Waals surface area contributed by atoms with Crippen molar-refractivity contribution < 1.29 is 19.0 Å². The van der Waals surface area contributed by atoms with Crippen molar-refractivity contribution in [2.75, 3.05) is 20.8 Å². The zero-order valence-electron chi connectivity index (χ0n) is 20.6. The van der Waals surface area contributed by atoms with Crippen LogP contribution in [0.4, 0.5) is 0 Å². The minimum absolute atomic E-state index is 0.0711. The number of amides is 1. The second-order valence-electron chi connectivity index (χ2n) is 9.71. The standard InChI is InChI=1S/C26H31N5O4/c1-26(2)14-17(10-12-35-26)29-24(32)20-15-28-31(23(20)16-5-6-16)25-27-11-9-21(30-25)19-13-18(33-3)7-8-22(19)34-4/h7-9,11,13,15-17H,5-6,10,12,14H2,1-4H3,(H,29,32). The molecule has 1 saturated carbocycles. The van der Waals surface area contributed by atoms with E-state index in [1.54, 1.807) is 31.3 Å². The van der Waals surface area contributed by atoms with Crippen LogP contribution >= 0.6 is 0 Å². The Balaban J connectivity index is 1.47. The van der Waals surface area contributed by atoms with Crippen molar-refractivity contribution in [2.24, 2.45) is 0 Å². The van der Waals surface area contributed by atoms with Gasteiger partial charge in [0.25, 0.3) is 11.9 Å². The molecule has 2 aliphatic rings. The van der Waals surface area contributed by atoms with E-state index in [-0.39, 0.29) is 23.5 Å². The smallest absolute Gasteiger partial charge is 0.255 e. The first kappa shape index (κ1) is 23.3. The lowest BCUT2D eigenvalue weighted by atomic mass is 9.93. The van der Waals surface area contributed by atoms with E-state index in [2.05, 4.69) is 29.2 Å². The predicted molar refractivity (Wildman–Crippen MR) is 130 cm³/mol. The van der Waals surface area contributed by atoms with Gasteiger partial charge in [-0.1, -0.05) is 0 Å². The summed E-state index contributed by atoms with van der Waals surface area (Å²) in [5, 5.41) is 7.75. The average molecular weight is 478 g/mol. The number of nitrogens with one attached hydrogen (secondary N) is 1. The Bertz CT molecular complexity index is 1230. The fraction of sp³-hybridized carbons (Fsp3) is 0.462. The van der Waals surface area contributed by atoms with Gasteiger partial charge >= 0.3 is 0 Å². The summed E-state index contributed by atoms with van der Waals surface area (Å²) in [6.07, 6.45) is 6.93. The third-order valence-electron chi connectivity index (χ3n) is 6.56. The summed E-state index contributed by atoms with van der Waals surface area (Å²) >= 11 is 0. The molecule has 0 spiro atoms. The van der Waals surface area contributed by atoms with Gasteiger partial charge in [0.1, 0.15) is 11.5 Å². The maximum atomic E-state index is 13.3. The van der Waals surface area contributed by atoms with Crippen LogP contribution in [-0.4, -0.2) is 58.1 Å². The monoisotopic (exact) mass is 477 g/mol. The van der Waals surface area contributed by atoms with Crippen LogP contribution in [0, 0.1) is 0 Å². The van der Waals surface area contributed by atoms with Gasteiger partial charge in [-0.15, -0.1) is 0 Å². The van der Waals surface area contributed by atoms with Crippen molar-refractivity contribution >= 4 is 5.91 Å². The number of methoxy groups -OCH3 is 2. The molecule has 9 heteroatoms. The molecule has 0 bridgehead atoms. The van der Waals surface area contributed by atoms with Gasteiger partial charge in [0, 0.05) is 30.3 Å². The Morgan fingerprint density at radius 1 is 1.17 bits per heavy atom. The second kappa shape index (κ2) is 9.30. The van der Waals surface area contributed by atoms with Crippen molar-refractivity contribution in [3.8, 4) is 28.7 Å². The van der Waals surface area contributed by atoms with Crippen molar-refractivity contribution in [1.29, 1.82) is 0 Å². The number of carbonyl (C=O) groups excluding carboxylic acids is 1. The molecule has 184 valence electrons. The molecule has 35 heavy (non-hydrogen) atoms. The molecule has 1 saturated heterocycles. The van der Waals surface area contributed by atoms with Crippen molar-refractivity contribution in [3.05, 3.63) is 47.9 Å². The Kier molecular flexibility index (Phi) is 6.19. The van der Waals surface area contributed by atoms with Gasteiger partial charge in [0.15, 0.2) is 0 Å². The number of nitrogens with zero attached hydrogens (tertiary/aromatic N) is 4. The summed E-state index contributed by atoms with van der Waals surface area (Å²) in [6, 6.07) is 7.46. The predicted octanol–water partition coefficient (Wildman–Crippen LogP) is 3.91. The van der Waals surface area contributed by atoms with E-state index < -0.39 is 0 Å². The fourth-order valence-electron chi connectivity index (χ4n) is 4.67. The minimum Gasteiger partial charge on any atom is -0.497 e. The molecular formula is C26H31N5O4. The third-order valence-corrected chi connectivity index (χ3v) is 6.56. The molecule has 0 radical (unpaired) electrons. The average Bonchev–Trinajstić information content (AvgIpc) is 3.60. The van der Waals surface area contributed by atoms with E-state index in [0.717, 1.165) is 36.9 Å². The van der Waals surface area contributed by atoms with Crippen molar-refractivity contribution in [3.63, 3.8) is 0 Å². The summed E-state index contributed by atoms with van der Waals surface area (Å²) in [7, 11) is 3.24. The first-order valence-electron chi connectivity index (χ1n) is 12.0. The second-order valence-corrected chi connectivity index (χ2v) is 9.71. The van der Waals surface area contributed by atoms with E-state index in [9.17, 15) is 4.79 Å². The number of hydrogen-bond acceptors (Lipinski definition) is 7. The van der Waals surface area contributed by atoms with Gasteiger partial charge in [0.2, 0.25) is 0 Å². The van der Waals surface area contributed by atoms with Crippen LogP contribution in [0.2, 0.25) is 0 Å². The molecule has 2 fully saturated rings. The lowest BCUT2D eigenvalue weighted by Gasteiger charge is -2.35. The molecule has 3 aromatic rings. The lowest BCUT2D eigenvalue weighted by Crippen LogP contribution is -2.45. The Labute approximate surface area is 204 Å². The van der Waals surface area contributed by atoms with Crippen LogP contribution in [0.25, 0.3) is 17.2 Å². The Morgan fingerprint density at radius 3 is 2.71 bits per heavy atom. The third kappa shape index (κ3) is 4.86.